The fourth-order valence-electron chi connectivity index (χ4n) is 6.77. The van der Waals surface area contributed by atoms with Crippen LogP contribution in [0.1, 0.15) is 48.9 Å². The van der Waals surface area contributed by atoms with E-state index in [4.69, 9.17) is 21.3 Å². The van der Waals surface area contributed by atoms with E-state index in [0.29, 0.717) is 41.5 Å². The number of aliphatic carboxylic acids is 1. The average Bonchev–Trinajstić information content (AvgIpc) is 3.50. The molecular weight excluding hydrogens is 616 g/mol. The van der Waals surface area contributed by atoms with Crippen molar-refractivity contribution < 1.29 is 24.2 Å². The number of aromatic nitrogens is 1. The predicted molar refractivity (Wildman–Crippen MR) is 185 cm³/mol. The Morgan fingerprint density at radius 2 is 1.79 bits per heavy atom. The molecular formula is C37H41ClN4O5. The highest BCUT2D eigenvalue weighted by atomic mass is 35.5. The summed E-state index contributed by atoms with van der Waals surface area (Å²) in [4.78, 5) is 46.1. The maximum absolute atomic E-state index is 13.2. The maximum Gasteiger partial charge on any atom is 0.306 e. The van der Waals surface area contributed by atoms with E-state index in [1.807, 2.05) is 43.3 Å². The van der Waals surface area contributed by atoms with Crippen LogP contribution in [0.3, 0.4) is 0 Å². The number of likely N-dealkylation sites (N-methyl/N-ethyl adjacent to an activating group) is 1. The number of fused-ring (bicyclic) bond motifs is 1. The zero-order valence-electron chi connectivity index (χ0n) is 27.3. The molecule has 5 rings (SSSR count). The number of pyridine rings is 1. The zero-order valence-corrected chi connectivity index (χ0v) is 28.1. The number of amides is 2. The Morgan fingerprint density at radius 3 is 2.43 bits per heavy atom. The number of nitrogens with zero attached hydrogens (tertiary/aromatic N) is 3. The van der Waals surface area contributed by atoms with E-state index in [1.165, 1.54) is 17.1 Å². The summed E-state index contributed by atoms with van der Waals surface area (Å²) in [6, 6.07) is 13.7. The average molecular weight is 657 g/mol. The highest BCUT2D eigenvalue weighted by Crippen LogP contribution is 2.45. The number of hydrogen-bond acceptors (Lipinski definition) is 6. The number of carboxylic acids is 1. The minimum absolute atomic E-state index is 0.0129. The van der Waals surface area contributed by atoms with Crippen LogP contribution in [-0.4, -0.2) is 72.0 Å². The second kappa shape index (κ2) is 14.5. The number of ether oxygens (including phenoxy) is 1. The van der Waals surface area contributed by atoms with Crippen molar-refractivity contribution >= 4 is 35.1 Å². The second-order valence-electron chi connectivity index (χ2n) is 12.1. The number of anilines is 1. The molecule has 2 aliphatic rings. The van der Waals surface area contributed by atoms with E-state index in [-0.39, 0.29) is 17.5 Å². The minimum Gasteiger partial charge on any atom is -0.481 e. The topological polar surface area (TPSA) is 112 Å². The summed E-state index contributed by atoms with van der Waals surface area (Å²) < 4.78 is 5.86. The number of benzene rings is 2. The van der Waals surface area contributed by atoms with Crippen molar-refractivity contribution in [2.75, 3.05) is 39.6 Å². The number of carbonyl (C=O) groups excluding carboxylic acids is 2. The predicted octanol–water partition coefficient (Wildman–Crippen LogP) is 6.56. The first-order valence-electron chi connectivity index (χ1n) is 15.9. The maximum atomic E-state index is 13.2. The van der Waals surface area contributed by atoms with Gasteiger partial charge in [-0.1, -0.05) is 61.5 Å². The van der Waals surface area contributed by atoms with Crippen LogP contribution >= 0.6 is 11.6 Å². The Bertz CT molecular complexity index is 1740. The van der Waals surface area contributed by atoms with Crippen molar-refractivity contribution in [3.05, 3.63) is 88.5 Å². The van der Waals surface area contributed by atoms with Gasteiger partial charge >= 0.3 is 5.97 Å². The van der Waals surface area contributed by atoms with Crippen LogP contribution in [0.2, 0.25) is 5.02 Å². The first kappa shape index (κ1) is 33.9. The smallest absolute Gasteiger partial charge is 0.306 e. The van der Waals surface area contributed by atoms with Crippen LogP contribution in [-0.2, 0) is 27.2 Å². The van der Waals surface area contributed by atoms with Crippen LogP contribution < -0.4 is 10.1 Å². The van der Waals surface area contributed by atoms with Crippen molar-refractivity contribution in [2.45, 2.75) is 45.1 Å². The van der Waals surface area contributed by atoms with Crippen LogP contribution in [0.4, 0.5) is 5.69 Å². The largest absolute Gasteiger partial charge is 0.481 e. The van der Waals surface area contributed by atoms with E-state index < -0.39 is 17.8 Å². The highest BCUT2D eigenvalue weighted by Gasteiger charge is 2.36. The summed E-state index contributed by atoms with van der Waals surface area (Å²) in [5.41, 5.74) is 6.83. The normalized spacial score (nSPS) is 16.8. The van der Waals surface area contributed by atoms with Crippen molar-refractivity contribution in [1.82, 2.24) is 14.8 Å². The molecule has 0 radical (unpaired) electrons. The molecule has 3 aromatic rings. The summed E-state index contributed by atoms with van der Waals surface area (Å²) in [5.74, 6) is -1.37. The number of carbonyl (C=O) groups is 3. The number of halogens is 1. The third-order valence-electron chi connectivity index (χ3n) is 9.15. The lowest BCUT2D eigenvalue weighted by molar-refractivity contribution is -0.143. The molecule has 1 fully saturated rings. The SMILES string of the molecule is C=C/C=C(/C(=O)Nc1cccc(-c2cccc(-c3cc4c(c(OC)n3)C(N3CCC(C(=O)O)CC3)CC4)c2Cl)c1CC)C(=O)N(C)C. The van der Waals surface area contributed by atoms with Crippen LogP contribution in [0.5, 0.6) is 5.88 Å². The number of aryl methyl sites for hydroxylation is 1. The van der Waals surface area contributed by atoms with Gasteiger partial charge in [-0.05, 0) is 80.1 Å². The number of nitrogens with one attached hydrogen (secondary N) is 1. The van der Waals surface area contributed by atoms with Gasteiger partial charge in [-0.2, -0.15) is 0 Å². The quantitative estimate of drug-likeness (QED) is 0.110. The summed E-state index contributed by atoms with van der Waals surface area (Å²) in [7, 11) is 4.82. The lowest BCUT2D eigenvalue weighted by Gasteiger charge is -2.35. The third-order valence-corrected chi connectivity index (χ3v) is 9.56. The molecule has 246 valence electrons. The lowest BCUT2D eigenvalue weighted by atomic mass is 9.93. The molecule has 47 heavy (non-hydrogen) atoms. The Hall–Kier alpha value is -4.47. The number of carboxylic acid groups (broad SMARTS) is 1. The van der Waals surface area contributed by atoms with Gasteiger partial charge in [0, 0.05) is 42.5 Å². The van der Waals surface area contributed by atoms with E-state index in [1.54, 1.807) is 21.2 Å². The number of hydrogen-bond donors (Lipinski definition) is 2. The molecule has 0 saturated carbocycles. The van der Waals surface area contributed by atoms with Gasteiger partial charge in [-0.3, -0.25) is 19.3 Å². The second-order valence-corrected chi connectivity index (χ2v) is 12.5. The van der Waals surface area contributed by atoms with Crippen molar-refractivity contribution in [3.8, 4) is 28.3 Å². The molecule has 1 aliphatic heterocycles. The molecule has 1 aromatic heterocycles. The summed E-state index contributed by atoms with van der Waals surface area (Å²) in [6.07, 6.45) is 6.50. The fourth-order valence-corrected chi connectivity index (χ4v) is 7.09. The van der Waals surface area contributed by atoms with E-state index in [2.05, 4.69) is 22.9 Å². The molecule has 1 aliphatic carbocycles. The molecule has 1 unspecified atom stereocenters. The van der Waals surface area contributed by atoms with Crippen molar-refractivity contribution in [1.29, 1.82) is 0 Å². The number of allylic oxidation sites excluding steroid dienone is 2. The summed E-state index contributed by atoms with van der Waals surface area (Å²) in [5, 5.41) is 12.9. The third kappa shape index (κ3) is 6.82. The van der Waals surface area contributed by atoms with Crippen molar-refractivity contribution in [2.24, 2.45) is 5.92 Å². The first-order valence-corrected chi connectivity index (χ1v) is 16.3. The van der Waals surface area contributed by atoms with Gasteiger partial charge in [0.2, 0.25) is 5.88 Å². The molecule has 2 heterocycles. The summed E-state index contributed by atoms with van der Waals surface area (Å²) in [6.45, 7) is 7.12. The number of likely N-dealkylation sites (tertiary alicyclic amines) is 1. The molecule has 1 atom stereocenters. The molecule has 9 nitrogen and oxygen atoms in total. The van der Waals surface area contributed by atoms with Crippen LogP contribution in [0, 0.1) is 5.92 Å². The van der Waals surface area contributed by atoms with Gasteiger partial charge in [0.1, 0.15) is 5.57 Å². The Labute approximate surface area is 280 Å². The van der Waals surface area contributed by atoms with Crippen LogP contribution in [0.25, 0.3) is 22.4 Å². The zero-order chi connectivity index (χ0) is 33.8. The van der Waals surface area contributed by atoms with Crippen LogP contribution in [0.15, 0.2) is 66.8 Å². The number of piperidine rings is 1. The minimum atomic E-state index is -0.715. The fraction of sp³-hybridized carbons (Fsp3) is 0.351. The van der Waals surface area contributed by atoms with E-state index in [9.17, 15) is 19.5 Å². The Kier molecular flexibility index (Phi) is 10.5. The standard InChI is InChI=1S/C37H41ClN4O5/c1-6-10-28(36(44)41(3)4)34(43)39-29-14-9-11-25(24(29)7-2)26-12-8-13-27(33(26)38)30-21-23-15-16-31(32(23)35(40-30)47-5)42-19-17-22(18-20-42)37(45)46/h6,8-14,21-22,31H,1,7,15-20H2,2-5H3,(H,39,43)(H,45,46)/b28-10-. The van der Waals surface area contributed by atoms with Crippen molar-refractivity contribution in [3.63, 3.8) is 0 Å². The van der Waals surface area contributed by atoms with Gasteiger partial charge < -0.3 is 20.1 Å². The Balaban J connectivity index is 1.48. The number of methoxy groups -OCH3 is 1. The molecule has 2 aromatic carbocycles. The molecule has 2 N–H and O–H groups in total. The van der Waals surface area contributed by atoms with E-state index in [0.717, 1.165) is 59.3 Å². The molecule has 0 bridgehead atoms. The molecule has 10 heteroatoms. The molecule has 1 saturated heterocycles. The van der Waals surface area contributed by atoms with Gasteiger partial charge in [0.25, 0.3) is 11.8 Å². The van der Waals surface area contributed by atoms with Gasteiger partial charge in [0.15, 0.2) is 0 Å². The van der Waals surface area contributed by atoms with E-state index >= 15 is 0 Å². The Morgan fingerprint density at radius 1 is 1.11 bits per heavy atom. The van der Waals surface area contributed by atoms with Gasteiger partial charge in [-0.25, -0.2) is 4.98 Å². The summed E-state index contributed by atoms with van der Waals surface area (Å²) >= 11 is 7.17. The highest BCUT2D eigenvalue weighted by molar-refractivity contribution is 6.36. The monoisotopic (exact) mass is 656 g/mol. The number of rotatable bonds is 10. The van der Waals surface area contributed by atoms with Gasteiger partial charge in [0.05, 0.1) is 23.7 Å². The van der Waals surface area contributed by atoms with Gasteiger partial charge in [-0.15, -0.1) is 0 Å². The first-order chi connectivity index (χ1) is 22.6. The lowest BCUT2D eigenvalue weighted by Crippen LogP contribution is -2.38. The molecule has 0 spiro atoms. The molecule has 2 amide bonds.